The second-order valence-corrected chi connectivity index (χ2v) is 5.82. The maximum absolute atomic E-state index is 10.6. The Morgan fingerprint density at radius 3 is 2.67 bits per heavy atom. The maximum Gasteiger partial charge on any atom is 0.218 e. The zero-order valence-corrected chi connectivity index (χ0v) is 12.2. The van der Waals surface area contributed by atoms with Crippen molar-refractivity contribution < 1.29 is 14.3 Å². The summed E-state index contributed by atoms with van der Waals surface area (Å²) in [5.74, 6) is 2.85. The van der Waals surface area contributed by atoms with Gasteiger partial charge in [-0.05, 0) is 17.7 Å². The smallest absolute Gasteiger partial charge is 0.218 e. The topological polar surface area (TPSA) is 61.6 Å². The SMILES string of the molecule is NC(=O)CCSCc1cc2c(cc1Br)OCCO2. The van der Waals surface area contributed by atoms with Gasteiger partial charge in [-0.3, -0.25) is 4.79 Å². The predicted octanol–water partition coefficient (Wildman–Crippen LogP) is 2.33. The number of nitrogens with two attached hydrogens (primary N) is 1. The number of hydrogen-bond donors (Lipinski definition) is 1. The Kier molecular flexibility index (Phi) is 4.77. The van der Waals surface area contributed by atoms with Gasteiger partial charge in [0.2, 0.25) is 5.91 Å². The first-order chi connectivity index (χ1) is 8.66. The van der Waals surface area contributed by atoms with Crippen LogP contribution in [0.25, 0.3) is 0 Å². The molecule has 0 saturated heterocycles. The molecule has 0 fully saturated rings. The minimum atomic E-state index is -0.260. The molecule has 1 aliphatic heterocycles. The van der Waals surface area contributed by atoms with Crippen LogP contribution < -0.4 is 15.2 Å². The lowest BCUT2D eigenvalue weighted by atomic mass is 10.2. The van der Waals surface area contributed by atoms with E-state index in [4.69, 9.17) is 15.2 Å². The van der Waals surface area contributed by atoms with Gasteiger partial charge in [-0.2, -0.15) is 11.8 Å². The molecule has 98 valence electrons. The van der Waals surface area contributed by atoms with Crippen molar-refractivity contribution in [3.63, 3.8) is 0 Å². The molecule has 2 rings (SSSR count). The Morgan fingerprint density at radius 2 is 2.00 bits per heavy atom. The molecule has 1 aliphatic rings. The molecule has 1 aromatic carbocycles. The van der Waals surface area contributed by atoms with E-state index < -0.39 is 0 Å². The first-order valence-corrected chi connectivity index (χ1v) is 7.55. The van der Waals surface area contributed by atoms with Gasteiger partial charge in [0.15, 0.2) is 11.5 Å². The third kappa shape index (κ3) is 3.55. The summed E-state index contributed by atoms with van der Waals surface area (Å²) in [5.41, 5.74) is 6.23. The van der Waals surface area contributed by atoms with Crippen LogP contribution in [0.3, 0.4) is 0 Å². The average Bonchev–Trinajstić information content (AvgIpc) is 2.34. The molecule has 0 unspecified atom stereocenters. The highest BCUT2D eigenvalue weighted by molar-refractivity contribution is 9.10. The lowest BCUT2D eigenvalue weighted by Crippen LogP contribution is -2.15. The molecular weight excluding hydrogens is 318 g/mol. The van der Waals surface area contributed by atoms with Gasteiger partial charge in [0, 0.05) is 22.4 Å². The largest absolute Gasteiger partial charge is 0.486 e. The molecule has 4 nitrogen and oxygen atoms in total. The van der Waals surface area contributed by atoms with Crippen LogP contribution in [0.15, 0.2) is 16.6 Å². The van der Waals surface area contributed by atoms with Crippen LogP contribution in [0.1, 0.15) is 12.0 Å². The van der Waals surface area contributed by atoms with Gasteiger partial charge in [-0.15, -0.1) is 0 Å². The molecule has 6 heteroatoms. The van der Waals surface area contributed by atoms with Gasteiger partial charge in [-0.1, -0.05) is 15.9 Å². The number of carbonyl (C=O) groups excluding carboxylic acids is 1. The van der Waals surface area contributed by atoms with Crippen molar-refractivity contribution in [2.24, 2.45) is 5.73 Å². The molecule has 0 radical (unpaired) electrons. The number of thioether (sulfide) groups is 1. The molecule has 1 aromatic rings. The number of hydrogen-bond acceptors (Lipinski definition) is 4. The van der Waals surface area contributed by atoms with E-state index in [9.17, 15) is 4.79 Å². The molecule has 0 aliphatic carbocycles. The number of benzene rings is 1. The molecule has 0 saturated carbocycles. The fourth-order valence-electron chi connectivity index (χ4n) is 1.57. The van der Waals surface area contributed by atoms with Crippen molar-refractivity contribution >= 4 is 33.6 Å². The standard InChI is InChI=1S/C12H14BrNO3S/c13-9-6-11-10(16-2-3-17-11)5-8(9)7-18-4-1-12(14)15/h5-6H,1-4,7H2,(H2,14,15). The second-order valence-electron chi connectivity index (χ2n) is 3.86. The van der Waals surface area contributed by atoms with Crippen molar-refractivity contribution in [3.05, 3.63) is 22.2 Å². The van der Waals surface area contributed by atoms with E-state index in [1.807, 2.05) is 12.1 Å². The first kappa shape index (κ1) is 13.5. The van der Waals surface area contributed by atoms with Crippen LogP contribution in [0.5, 0.6) is 11.5 Å². The zero-order valence-electron chi connectivity index (χ0n) is 9.78. The predicted molar refractivity (Wildman–Crippen MR) is 75.1 cm³/mol. The molecule has 1 amide bonds. The van der Waals surface area contributed by atoms with Crippen molar-refractivity contribution in [2.75, 3.05) is 19.0 Å². The van der Waals surface area contributed by atoms with Gasteiger partial charge >= 0.3 is 0 Å². The highest BCUT2D eigenvalue weighted by Gasteiger charge is 2.14. The number of amides is 1. The van der Waals surface area contributed by atoms with Crippen molar-refractivity contribution in [1.82, 2.24) is 0 Å². The molecule has 0 spiro atoms. The molecule has 2 N–H and O–H groups in total. The molecular formula is C12H14BrNO3S. The number of rotatable bonds is 5. The monoisotopic (exact) mass is 331 g/mol. The third-order valence-corrected chi connectivity index (χ3v) is 4.21. The van der Waals surface area contributed by atoms with Crippen LogP contribution in [-0.2, 0) is 10.5 Å². The summed E-state index contributed by atoms with van der Waals surface area (Å²) in [7, 11) is 0. The lowest BCUT2D eigenvalue weighted by molar-refractivity contribution is -0.117. The second kappa shape index (κ2) is 6.33. The minimum Gasteiger partial charge on any atom is -0.486 e. The number of ether oxygens (including phenoxy) is 2. The van der Waals surface area contributed by atoms with E-state index in [-0.39, 0.29) is 5.91 Å². The minimum absolute atomic E-state index is 0.260. The van der Waals surface area contributed by atoms with Gasteiger partial charge in [0.05, 0.1) is 0 Å². The van der Waals surface area contributed by atoms with Crippen LogP contribution in [0, 0.1) is 0 Å². The Hall–Kier alpha value is -0.880. The Balaban J connectivity index is 1.97. The van der Waals surface area contributed by atoms with Gasteiger partial charge in [0.1, 0.15) is 13.2 Å². The molecule has 0 aromatic heterocycles. The number of primary amides is 1. The number of carbonyl (C=O) groups is 1. The van der Waals surface area contributed by atoms with Crippen LogP contribution in [-0.4, -0.2) is 24.9 Å². The third-order valence-electron chi connectivity index (χ3n) is 2.46. The van der Waals surface area contributed by atoms with Crippen molar-refractivity contribution in [2.45, 2.75) is 12.2 Å². The molecule has 0 atom stereocenters. The Morgan fingerprint density at radius 1 is 1.33 bits per heavy atom. The van der Waals surface area contributed by atoms with Crippen molar-refractivity contribution in [1.29, 1.82) is 0 Å². The summed E-state index contributed by atoms with van der Waals surface area (Å²) < 4.78 is 12.0. The van der Waals surface area contributed by atoms with Gasteiger partial charge < -0.3 is 15.2 Å². The average molecular weight is 332 g/mol. The highest BCUT2D eigenvalue weighted by atomic mass is 79.9. The Bertz CT molecular complexity index is 453. The maximum atomic E-state index is 10.6. The fourth-order valence-corrected chi connectivity index (χ4v) is 3.17. The summed E-state index contributed by atoms with van der Waals surface area (Å²) in [4.78, 5) is 10.6. The van der Waals surface area contributed by atoms with Crippen LogP contribution in [0.4, 0.5) is 0 Å². The van der Waals surface area contributed by atoms with E-state index in [0.29, 0.717) is 19.6 Å². The van der Waals surface area contributed by atoms with Crippen LogP contribution in [0.2, 0.25) is 0 Å². The molecule has 1 heterocycles. The molecule has 0 bridgehead atoms. The van der Waals surface area contributed by atoms with E-state index >= 15 is 0 Å². The Labute approximate surface area is 118 Å². The highest BCUT2D eigenvalue weighted by Crippen LogP contribution is 2.36. The molecule has 18 heavy (non-hydrogen) atoms. The van der Waals surface area contributed by atoms with E-state index in [1.165, 1.54) is 0 Å². The summed E-state index contributed by atoms with van der Waals surface area (Å²) in [5, 5.41) is 0. The van der Waals surface area contributed by atoms with Crippen LogP contribution >= 0.6 is 27.7 Å². The van der Waals surface area contributed by atoms with Crippen molar-refractivity contribution in [3.8, 4) is 11.5 Å². The summed E-state index contributed by atoms with van der Waals surface area (Å²) in [6, 6.07) is 3.91. The number of fused-ring (bicyclic) bond motifs is 1. The summed E-state index contributed by atoms with van der Waals surface area (Å²) in [6.45, 7) is 1.18. The van der Waals surface area contributed by atoms with Gasteiger partial charge in [0.25, 0.3) is 0 Å². The van der Waals surface area contributed by atoms with E-state index in [1.54, 1.807) is 11.8 Å². The normalized spacial score (nSPS) is 13.4. The lowest BCUT2D eigenvalue weighted by Gasteiger charge is -2.19. The first-order valence-electron chi connectivity index (χ1n) is 5.61. The summed E-state index contributed by atoms with van der Waals surface area (Å²) in [6.07, 6.45) is 0.410. The fraction of sp³-hybridized carbons (Fsp3) is 0.417. The zero-order chi connectivity index (χ0) is 13.0. The quantitative estimate of drug-likeness (QED) is 0.841. The van der Waals surface area contributed by atoms with Gasteiger partial charge in [-0.25, -0.2) is 0 Å². The van der Waals surface area contributed by atoms with E-state index in [2.05, 4.69) is 15.9 Å². The summed E-state index contributed by atoms with van der Waals surface area (Å²) >= 11 is 5.19. The number of halogens is 1. The van der Waals surface area contributed by atoms with E-state index in [0.717, 1.165) is 33.0 Å².